The zero-order chi connectivity index (χ0) is 11.7. The summed E-state index contributed by atoms with van der Waals surface area (Å²) >= 11 is 0. The highest BCUT2D eigenvalue weighted by molar-refractivity contribution is 5.78. The molecular formula is C10H22N2O3. The van der Waals surface area contributed by atoms with Gasteiger partial charge in [-0.2, -0.15) is 0 Å². The number of aliphatic hydroxyl groups is 1. The summed E-state index contributed by atoms with van der Waals surface area (Å²) in [7, 11) is 1.62. The summed E-state index contributed by atoms with van der Waals surface area (Å²) in [5, 5.41) is 11.6. The predicted molar refractivity (Wildman–Crippen MR) is 58.7 cm³/mol. The van der Waals surface area contributed by atoms with Gasteiger partial charge in [0.05, 0.1) is 19.8 Å². The van der Waals surface area contributed by atoms with Crippen molar-refractivity contribution in [1.29, 1.82) is 0 Å². The molecule has 0 spiro atoms. The van der Waals surface area contributed by atoms with Crippen molar-refractivity contribution in [3.8, 4) is 0 Å². The Morgan fingerprint density at radius 2 is 2.13 bits per heavy atom. The Morgan fingerprint density at radius 3 is 2.60 bits per heavy atom. The van der Waals surface area contributed by atoms with Crippen LogP contribution >= 0.6 is 0 Å². The highest BCUT2D eigenvalue weighted by atomic mass is 16.5. The molecule has 1 amide bonds. The molecule has 0 rings (SSSR count). The number of carbonyl (C=O) groups excluding carboxylic acids is 1. The average Bonchev–Trinajstić information content (AvgIpc) is 2.13. The molecule has 0 aliphatic heterocycles. The van der Waals surface area contributed by atoms with Gasteiger partial charge in [-0.15, -0.1) is 0 Å². The molecule has 0 heterocycles. The lowest BCUT2D eigenvalue weighted by atomic mass is 10.3. The molecule has 0 saturated carbocycles. The number of methoxy groups -OCH3 is 1. The maximum Gasteiger partial charge on any atom is 0.234 e. The van der Waals surface area contributed by atoms with Gasteiger partial charge < -0.3 is 15.2 Å². The summed E-state index contributed by atoms with van der Waals surface area (Å²) in [5.74, 6) is -0.0189. The minimum atomic E-state index is -0.0189. The average molecular weight is 218 g/mol. The second-order valence-corrected chi connectivity index (χ2v) is 3.71. The molecule has 0 aliphatic carbocycles. The van der Waals surface area contributed by atoms with E-state index in [9.17, 15) is 4.79 Å². The molecule has 0 atom stereocenters. The van der Waals surface area contributed by atoms with Crippen LogP contribution in [0.4, 0.5) is 0 Å². The predicted octanol–water partition coefficient (Wildman–Crippen LogP) is -0.548. The molecule has 5 heteroatoms. The molecular weight excluding hydrogens is 196 g/mol. The monoisotopic (exact) mass is 218 g/mol. The zero-order valence-electron chi connectivity index (χ0n) is 9.82. The summed E-state index contributed by atoms with van der Waals surface area (Å²) in [6, 6.07) is 0.149. The van der Waals surface area contributed by atoms with Crippen molar-refractivity contribution in [2.24, 2.45) is 0 Å². The van der Waals surface area contributed by atoms with Crippen LogP contribution in [-0.2, 0) is 9.53 Å². The molecule has 0 aromatic carbocycles. The Morgan fingerprint density at radius 1 is 1.47 bits per heavy atom. The van der Waals surface area contributed by atoms with E-state index in [1.165, 1.54) is 0 Å². The minimum absolute atomic E-state index is 0.0189. The maximum absolute atomic E-state index is 11.4. The van der Waals surface area contributed by atoms with Gasteiger partial charge in [0.1, 0.15) is 0 Å². The fourth-order valence-electron chi connectivity index (χ4n) is 1.20. The SMILES string of the molecule is COCCN(CCO)CC(=O)NC(C)C. The van der Waals surface area contributed by atoms with Crippen molar-refractivity contribution < 1.29 is 14.6 Å². The third kappa shape index (κ3) is 8.35. The fourth-order valence-corrected chi connectivity index (χ4v) is 1.20. The van der Waals surface area contributed by atoms with Gasteiger partial charge in [-0.05, 0) is 13.8 Å². The van der Waals surface area contributed by atoms with Gasteiger partial charge in [0.2, 0.25) is 5.91 Å². The molecule has 0 saturated heterocycles. The van der Waals surface area contributed by atoms with E-state index in [1.807, 2.05) is 18.7 Å². The van der Waals surface area contributed by atoms with Crippen LogP contribution in [-0.4, -0.2) is 61.9 Å². The van der Waals surface area contributed by atoms with E-state index < -0.39 is 0 Å². The van der Waals surface area contributed by atoms with Gasteiger partial charge in [-0.3, -0.25) is 9.69 Å². The van der Waals surface area contributed by atoms with Crippen molar-refractivity contribution in [3.63, 3.8) is 0 Å². The van der Waals surface area contributed by atoms with E-state index in [4.69, 9.17) is 9.84 Å². The van der Waals surface area contributed by atoms with Gasteiger partial charge in [0, 0.05) is 26.2 Å². The maximum atomic E-state index is 11.4. The van der Waals surface area contributed by atoms with Crippen molar-refractivity contribution in [2.75, 3.05) is 40.0 Å². The molecule has 0 unspecified atom stereocenters. The molecule has 0 aliphatic rings. The van der Waals surface area contributed by atoms with E-state index >= 15 is 0 Å². The van der Waals surface area contributed by atoms with Crippen LogP contribution in [0.2, 0.25) is 0 Å². The number of nitrogens with zero attached hydrogens (tertiary/aromatic N) is 1. The lowest BCUT2D eigenvalue weighted by Gasteiger charge is -2.20. The highest BCUT2D eigenvalue weighted by Crippen LogP contribution is 1.89. The van der Waals surface area contributed by atoms with Crippen LogP contribution in [0.1, 0.15) is 13.8 Å². The first-order valence-corrected chi connectivity index (χ1v) is 5.21. The van der Waals surface area contributed by atoms with Gasteiger partial charge in [-0.25, -0.2) is 0 Å². The topological polar surface area (TPSA) is 61.8 Å². The number of hydrogen-bond acceptors (Lipinski definition) is 4. The second-order valence-electron chi connectivity index (χ2n) is 3.71. The van der Waals surface area contributed by atoms with Crippen LogP contribution in [0.5, 0.6) is 0 Å². The van der Waals surface area contributed by atoms with Crippen molar-refractivity contribution in [2.45, 2.75) is 19.9 Å². The number of nitrogens with one attached hydrogen (secondary N) is 1. The van der Waals surface area contributed by atoms with Crippen LogP contribution in [0.3, 0.4) is 0 Å². The lowest BCUT2D eigenvalue weighted by Crippen LogP contribution is -2.42. The molecule has 90 valence electrons. The first-order valence-electron chi connectivity index (χ1n) is 5.21. The normalized spacial score (nSPS) is 11.1. The van der Waals surface area contributed by atoms with Gasteiger partial charge in [0.15, 0.2) is 0 Å². The van der Waals surface area contributed by atoms with Gasteiger partial charge in [0.25, 0.3) is 0 Å². The second kappa shape index (κ2) is 8.64. The van der Waals surface area contributed by atoms with Crippen molar-refractivity contribution in [3.05, 3.63) is 0 Å². The molecule has 0 aromatic rings. The largest absolute Gasteiger partial charge is 0.395 e. The van der Waals surface area contributed by atoms with Gasteiger partial charge >= 0.3 is 0 Å². The summed E-state index contributed by atoms with van der Waals surface area (Å²) in [6.07, 6.45) is 0. The summed E-state index contributed by atoms with van der Waals surface area (Å²) < 4.78 is 4.93. The van der Waals surface area contributed by atoms with Crippen LogP contribution in [0.25, 0.3) is 0 Å². The standard InChI is InChI=1S/C10H22N2O3/c1-9(2)11-10(14)8-12(4-6-13)5-7-15-3/h9,13H,4-8H2,1-3H3,(H,11,14). The lowest BCUT2D eigenvalue weighted by molar-refractivity contribution is -0.123. The number of rotatable bonds is 8. The van der Waals surface area contributed by atoms with Crippen molar-refractivity contribution >= 4 is 5.91 Å². The fraction of sp³-hybridized carbons (Fsp3) is 0.900. The third-order valence-electron chi connectivity index (χ3n) is 1.84. The van der Waals surface area contributed by atoms with Gasteiger partial charge in [-0.1, -0.05) is 0 Å². The molecule has 15 heavy (non-hydrogen) atoms. The summed E-state index contributed by atoms with van der Waals surface area (Å²) in [6.45, 7) is 5.92. The van der Waals surface area contributed by atoms with Crippen molar-refractivity contribution in [1.82, 2.24) is 10.2 Å². The molecule has 0 fully saturated rings. The van der Waals surface area contributed by atoms with Crippen LogP contribution in [0.15, 0.2) is 0 Å². The van der Waals surface area contributed by atoms with E-state index in [0.717, 1.165) is 0 Å². The number of aliphatic hydroxyl groups excluding tert-OH is 1. The first kappa shape index (κ1) is 14.3. The van der Waals surface area contributed by atoms with Crippen LogP contribution < -0.4 is 5.32 Å². The zero-order valence-corrected chi connectivity index (χ0v) is 9.82. The Bertz CT molecular complexity index is 174. The third-order valence-corrected chi connectivity index (χ3v) is 1.84. The summed E-state index contributed by atoms with van der Waals surface area (Å²) in [5.41, 5.74) is 0. The van der Waals surface area contributed by atoms with E-state index in [1.54, 1.807) is 7.11 Å². The number of carbonyl (C=O) groups is 1. The number of hydrogen-bond donors (Lipinski definition) is 2. The molecule has 0 radical (unpaired) electrons. The number of ether oxygens (including phenoxy) is 1. The Balaban J connectivity index is 3.86. The Labute approximate surface area is 91.4 Å². The molecule has 0 bridgehead atoms. The minimum Gasteiger partial charge on any atom is -0.395 e. The summed E-state index contributed by atoms with van der Waals surface area (Å²) in [4.78, 5) is 13.3. The molecule has 2 N–H and O–H groups in total. The smallest absolute Gasteiger partial charge is 0.234 e. The Kier molecular flexibility index (Phi) is 8.27. The van der Waals surface area contributed by atoms with E-state index in [-0.39, 0.29) is 18.6 Å². The highest BCUT2D eigenvalue weighted by Gasteiger charge is 2.10. The molecule has 0 aromatic heterocycles. The number of amides is 1. The van der Waals surface area contributed by atoms with Crippen LogP contribution in [0, 0.1) is 0 Å². The quantitative estimate of drug-likeness (QED) is 0.574. The van der Waals surface area contributed by atoms with E-state index in [0.29, 0.717) is 26.2 Å². The Hall–Kier alpha value is -0.650. The van der Waals surface area contributed by atoms with E-state index in [2.05, 4.69) is 5.32 Å². The molecule has 5 nitrogen and oxygen atoms in total. The first-order chi connectivity index (χ1) is 7.10.